The molecule has 1 heterocycles. The number of rotatable bonds is 4. The molecule has 1 unspecified atom stereocenters. The van der Waals surface area contributed by atoms with E-state index in [0.29, 0.717) is 5.56 Å². The minimum atomic E-state index is -0.975. The number of methoxy groups -OCH3 is 1. The van der Waals surface area contributed by atoms with Gasteiger partial charge < -0.3 is 14.9 Å². The molecule has 2 N–H and O–H groups in total. The molecule has 0 spiro atoms. The molecule has 7 heteroatoms. The van der Waals surface area contributed by atoms with E-state index in [9.17, 15) is 19.8 Å². The normalized spacial score (nSPS) is 17.3. The van der Waals surface area contributed by atoms with Crippen molar-refractivity contribution in [3.63, 3.8) is 0 Å². The number of carbonyl (C=O) groups excluding carboxylic acids is 2. The summed E-state index contributed by atoms with van der Waals surface area (Å²) in [5, 5.41) is 22.3. The molecule has 0 saturated carbocycles. The molecular weight excluding hydrogens is 454 g/mol. The zero-order valence-electron chi connectivity index (χ0n) is 19.2. The maximum absolute atomic E-state index is 13.4. The van der Waals surface area contributed by atoms with E-state index < -0.39 is 23.5 Å². The van der Waals surface area contributed by atoms with Crippen LogP contribution in [0.1, 0.15) is 33.9 Å². The molecule has 1 aliphatic heterocycles. The van der Waals surface area contributed by atoms with Crippen LogP contribution in [0.2, 0.25) is 5.02 Å². The Kier molecular flexibility index (Phi) is 6.11. The Labute approximate surface area is 202 Å². The van der Waals surface area contributed by atoms with Gasteiger partial charge in [-0.05, 0) is 61.7 Å². The van der Waals surface area contributed by atoms with Gasteiger partial charge in [0, 0.05) is 0 Å². The highest BCUT2D eigenvalue weighted by Gasteiger charge is 2.48. The number of aromatic hydroxyl groups is 1. The molecule has 1 amide bonds. The molecule has 3 aromatic carbocycles. The number of ether oxygens (including phenoxy) is 1. The number of benzene rings is 3. The molecule has 0 bridgehead atoms. The monoisotopic (exact) mass is 477 g/mol. The van der Waals surface area contributed by atoms with Gasteiger partial charge in [-0.1, -0.05) is 47.5 Å². The van der Waals surface area contributed by atoms with Crippen molar-refractivity contribution >= 4 is 34.7 Å². The average molecular weight is 478 g/mol. The topological polar surface area (TPSA) is 87.1 Å². The minimum Gasteiger partial charge on any atom is -0.507 e. The van der Waals surface area contributed by atoms with Gasteiger partial charge in [0.25, 0.3) is 11.7 Å². The first kappa shape index (κ1) is 23.4. The number of ketones is 1. The van der Waals surface area contributed by atoms with Crippen LogP contribution in [0.5, 0.6) is 11.5 Å². The second-order valence-electron chi connectivity index (χ2n) is 8.40. The molecule has 6 nitrogen and oxygen atoms in total. The smallest absolute Gasteiger partial charge is 0.300 e. The number of phenols is 1. The van der Waals surface area contributed by atoms with Crippen LogP contribution < -0.4 is 9.64 Å². The molecule has 0 radical (unpaired) electrons. The quantitative estimate of drug-likeness (QED) is 0.290. The Bertz CT molecular complexity index is 1360. The Morgan fingerprint density at radius 1 is 0.971 bits per heavy atom. The number of phenolic OH excluding ortho intramolecular Hbond substituents is 1. The lowest BCUT2D eigenvalue weighted by atomic mass is 9.93. The zero-order valence-corrected chi connectivity index (χ0v) is 20.0. The van der Waals surface area contributed by atoms with Crippen molar-refractivity contribution in [1.82, 2.24) is 0 Å². The SMILES string of the molecule is COc1c(Cl)cc(C)cc1/C(O)=C1\C(=O)C(=O)N(c2cc(C)ccc2O)C1c1cccc(C)c1. The van der Waals surface area contributed by atoms with Crippen LogP contribution in [0.15, 0.2) is 60.2 Å². The summed E-state index contributed by atoms with van der Waals surface area (Å²) in [5.41, 5.74) is 3.33. The van der Waals surface area contributed by atoms with E-state index in [-0.39, 0.29) is 33.3 Å². The first-order valence-corrected chi connectivity index (χ1v) is 11.0. The van der Waals surface area contributed by atoms with E-state index in [1.807, 2.05) is 32.0 Å². The van der Waals surface area contributed by atoms with Crippen molar-refractivity contribution in [2.24, 2.45) is 0 Å². The number of anilines is 1. The highest BCUT2D eigenvalue weighted by Crippen LogP contribution is 2.46. The van der Waals surface area contributed by atoms with Crippen LogP contribution >= 0.6 is 11.6 Å². The molecule has 0 aliphatic carbocycles. The molecule has 174 valence electrons. The zero-order chi connectivity index (χ0) is 24.7. The predicted octanol–water partition coefficient (Wildman–Crippen LogP) is 5.61. The van der Waals surface area contributed by atoms with Crippen LogP contribution in [0.3, 0.4) is 0 Å². The number of aliphatic hydroxyl groups excluding tert-OH is 1. The minimum absolute atomic E-state index is 0.114. The summed E-state index contributed by atoms with van der Waals surface area (Å²) in [4.78, 5) is 27.9. The van der Waals surface area contributed by atoms with Gasteiger partial charge in [0.05, 0.1) is 35.0 Å². The standard InChI is InChI=1S/C27H24ClNO5/c1-14-6-5-7-17(10-14)23-22(24(31)18-11-16(3)12-19(28)26(18)34-4)25(32)27(33)29(23)20-13-15(2)8-9-21(20)30/h5-13,23,30-31H,1-4H3/b24-22+. The molecule has 1 saturated heterocycles. The molecule has 1 aliphatic rings. The lowest BCUT2D eigenvalue weighted by molar-refractivity contribution is -0.132. The Morgan fingerprint density at radius 3 is 2.35 bits per heavy atom. The van der Waals surface area contributed by atoms with Crippen LogP contribution in [0.4, 0.5) is 5.69 Å². The van der Waals surface area contributed by atoms with Gasteiger partial charge in [-0.3, -0.25) is 14.5 Å². The van der Waals surface area contributed by atoms with Crippen molar-refractivity contribution in [2.75, 3.05) is 12.0 Å². The number of aliphatic hydroxyl groups is 1. The van der Waals surface area contributed by atoms with Crippen molar-refractivity contribution in [3.05, 3.63) is 93.0 Å². The van der Waals surface area contributed by atoms with Gasteiger partial charge in [0.15, 0.2) is 0 Å². The molecule has 1 fully saturated rings. The summed E-state index contributed by atoms with van der Waals surface area (Å²) in [6, 6.07) is 14.5. The number of hydrogen-bond donors (Lipinski definition) is 2. The maximum Gasteiger partial charge on any atom is 0.300 e. The number of nitrogens with zero attached hydrogens (tertiary/aromatic N) is 1. The lowest BCUT2D eigenvalue weighted by Gasteiger charge is -2.26. The second-order valence-corrected chi connectivity index (χ2v) is 8.81. The van der Waals surface area contributed by atoms with Crippen LogP contribution in [-0.2, 0) is 9.59 Å². The van der Waals surface area contributed by atoms with Crippen molar-refractivity contribution in [3.8, 4) is 11.5 Å². The third-order valence-electron chi connectivity index (χ3n) is 5.84. The van der Waals surface area contributed by atoms with E-state index in [1.54, 1.807) is 37.3 Å². The largest absolute Gasteiger partial charge is 0.507 e. The molecular formula is C27H24ClNO5. The average Bonchev–Trinajstić information content (AvgIpc) is 3.05. The fourth-order valence-electron chi connectivity index (χ4n) is 4.32. The number of amides is 1. The number of hydrogen-bond acceptors (Lipinski definition) is 5. The first-order chi connectivity index (χ1) is 16.1. The highest BCUT2D eigenvalue weighted by atomic mass is 35.5. The third kappa shape index (κ3) is 3.90. The molecule has 0 aromatic heterocycles. The fourth-order valence-corrected chi connectivity index (χ4v) is 4.67. The highest BCUT2D eigenvalue weighted by molar-refractivity contribution is 6.52. The summed E-state index contributed by atoms with van der Waals surface area (Å²) in [6.07, 6.45) is 0. The summed E-state index contributed by atoms with van der Waals surface area (Å²) >= 11 is 6.33. The summed E-state index contributed by atoms with van der Waals surface area (Å²) in [7, 11) is 1.41. The summed E-state index contributed by atoms with van der Waals surface area (Å²) in [6.45, 7) is 5.51. The summed E-state index contributed by atoms with van der Waals surface area (Å²) < 4.78 is 5.40. The van der Waals surface area contributed by atoms with E-state index >= 15 is 0 Å². The molecule has 3 aromatic rings. The number of halogens is 1. The number of aryl methyl sites for hydroxylation is 3. The molecule has 34 heavy (non-hydrogen) atoms. The van der Waals surface area contributed by atoms with Crippen molar-refractivity contribution < 1.29 is 24.5 Å². The van der Waals surface area contributed by atoms with Crippen molar-refractivity contribution in [1.29, 1.82) is 0 Å². The van der Waals surface area contributed by atoms with Gasteiger partial charge in [-0.25, -0.2) is 0 Å². The van der Waals surface area contributed by atoms with Gasteiger partial charge in [0.1, 0.15) is 17.3 Å². The fraction of sp³-hybridized carbons (Fsp3) is 0.185. The van der Waals surface area contributed by atoms with Crippen LogP contribution in [0, 0.1) is 20.8 Å². The Morgan fingerprint density at radius 2 is 1.68 bits per heavy atom. The van der Waals surface area contributed by atoms with E-state index in [4.69, 9.17) is 16.3 Å². The van der Waals surface area contributed by atoms with E-state index in [2.05, 4.69) is 0 Å². The van der Waals surface area contributed by atoms with Gasteiger partial charge >= 0.3 is 0 Å². The van der Waals surface area contributed by atoms with Crippen molar-refractivity contribution in [2.45, 2.75) is 26.8 Å². The van der Waals surface area contributed by atoms with Gasteiger partial charge in [-0.2, -0.15) is 0 Å². The lowest BCUT2D eigenvalue weighted by Crippen LogP contribution is -2.29. The molecule has 4 rings (SSSR count). The van der Waals surface area contributed by atoms with Crippen LogP contribution in [-0.4, -0.2) is 29.0 Å². The predicted molar refractivity (Wildman–Crippen MR) is 132 cm³/mol. The first-order valence-electron chi connectivity index (χ1n) is 10.7. The Balaban J connectivity index is 2.05. The van der Waals surface area contributed by atoms with Gasteiger partial charge in [-0.15, -0.1) is 0 Å². The molecule has 1 atom stereocenters. The van der Waals surface area contributed by atoms with E-state index in [1.165, 1.54) is 18.1 Å². The van der Waals surface area contributed by atoms with Crippen LogP contribution in [0.25, 0.3) is 5.76 Å². The second kappa shape index (κ2) is 8.88. The number of carbonyl (C=O) groups is 2. The van der Waals surface area contributed by atoms with Gasteiger partial charge in [0.2, 0.25) is 0 Å². The summed E-state index contributed by atoms with van der Waals surface area (Å²) in [5.74, 6) is -2.09. The number of Topliss-reactive ketones (excluding diaryl/α,β-unsaturated/α-hetero) is 1. The maximum atomic E-state index is 13.4. The Hall–Kier alpha value is -3.77. The van der Waals surface area contributed by atoms with E-state index in [0.717, 1.165) is 16.7 Å². The third-order valence-corrected chi connectivity index (χ3v) is 6.12.